The van der Waals surface area contributed by atoms with Gasteiger partial charge >= 0.3 is 0 Å². The van der Waals surface area contributed by atoms with E-state index in [2.05, 4.69) is 17.4 Å². The van der Waals surface area contributed by atoms with Crippen LogP contribution in [0.5, 0.6) is 5.75 Å². The maximum absolute atomic E-state index is 12.3. The lowest BCUT2D eigenvalue weighted by Crippen LogP contribution is -2.11. The first-order valence-electron chi connectivity index (χ1n) is 8.64. The molecule has 1 N–H and O–H groups in total. The number of aryl methyl sites for hydroxylation is 1. The molecule has 3 nitrogen and oxygen atoms in total. The molecule has 3 aromatic carbocycles. The maximum Gasteiger partial charge on any atom is 0.255 e. The van der Waals surface area contributed by atoms with Crippen molar-refractivity contribution in [1.29, 1.82) is 0 Å². The van der Waals surface area contributed by atoms with Crippen molar-refractivity contribution in [3.63, 3.8) is 0 Å². The molecule has 0 atom stereocenters. The number of carbonyl (C=O) groups excluding carboxylic acids is 1. The minimum Gasteiger partial charge on any atom is -0.494 e. The van der Waals surface area contributed by atoms with E-state index in [1.54, 1.807) is 30.3 Å². The van der Waals surface area contributed by atoms with Crippen molar-refractivity contribution in [1.82, 2.24) is 0 Å². The summed E-state index contributed by atoms with van der Waals surface area (Å²) < 4.78 is 5.76. The van der Waals surface area contributed by atoms with E-state index in [0.29, 0.717) is 27.9 Å². The van der Waals surface area contributed by atoms with Crippen LogP contribution in [0.3, 0.4) is 0 Å². The lowest BCUT2D eigenvalue weighted by atomic mass is 10.1. The van der Waals surface area contributed by atoms with Crippen LogP contribution in [0.25, 0.3) is 0 Å². The zero-order valence-corrected chi connectivity index (χ0v) is 16.1. The van der Waals surface area contributed by atoms with Crippen molar-refractivity contribution in [3.8, 4) is 5.75 Å². The number of ether oxygens (including phenoxy) is 1. The fourth-order valence-corrected chi connectivity index (χ4v) is 3.16. The first-order chi connectivity index (χ1) is 13.1. The van der Waals surface area contributed by atoms with Crippen LogP contribution in [-0.2, 0) is 6.42 Å². The second-order valence-corrected chi connectivity index (χ2v) is 6.95. The minimum absolute atomic E-state index is 0.268. The van der Waals surface area contributed by atoms with Gasteiger partial charge in [0.05, 0.1) is 6.61 Å². The summed E-state index contributed by atoms with van der Waals surface area (Å²) in [5, 5.41) is 3.66. The summed E-state index contributed by atoms with van der Waals surface area (Å²) in [5.41, 5.74) is 2.39. The monoisotopic (exact) mass is 399 g/mol. The molecule has 1 amide bonds. The number of hydrogen-bond donors (Lipinski definition) is 1. The average Bonchev–Trinajstić information content (AvgIpc) is 2.66. The van der Waals surface area contributed by atoms with Crippen LogP contribution in [0.15, 0.2) is 72.8 Å². The Kier molecular flexibility index (Phi) is 6.74. The molecule has 3 rings (SSSR count). The molecule has 3 aromatic rings. The van der Waals surface area contributed by atoms with E-state index >= 15 is 0 Å². The number of rotatable bonds is 7. The Morgan fingerprint density at radius 2 is 1.56 bits per heavy atom. The van der Waals surface area contributed by atoms with Gasteiger partial charge in [-0.3, -0.25) is 4.79 Å². The quantitative estimate of drug-likeness (QED) is 0.476. The highest BCUT2D eigenvalue weighted by molar-refractivity contribution is 6.35. The highest BCUT2D eigenvalue weighted by Gasteiger charge is 2.08. The molecule has 0 saturated heterocycles. The van der Waals surface area contributed by atoms with Crippen molar-refractivity contribution in [3.05, 3.63) is 94.0 Å². The van der Waals surface area contributed by atoms with Gasteiger partial charge in [0.1, 0.15) is 5.75 Å². The van der Waals surface area contributed by atoms with Crippen LogP contribution in [0, 0.1) is 0 Å². The molecule has 138 valence electrons. The zero-order valence-electron chi connectivity index (χ0n) is 14.6. The molecule has 0 unspecified atom stereocenters. The van der Waals surface area contributed by atoms with Crippen LogP contribution in [-0.4, -0.2) is 12.5 Å². The third-order valence-corrected chi connectivity index (χ3v) is 4.39. The summed E-state index contributed by atoms with van der Waals surface area (Å²) in [6, 6.07) is 22.3. The van der Waals surface area contributed by atoms with E-state index in [-0.39, 0.29) is 5.91 Å². The second kappa shape index (κ2) is 9.45. The van der Waals surface area contributed by atoms with E-state index in [4.69, 9.17) is 27.9 Å². The molecule has 0 heterocycles. The van der Waals surface area contributed by atoms with Crippen molar-refractivity contribution in [2.45, 2.75) is 12.8 Å². The summed E-state index contributed by atoms with van der Waals surface area (Å²) in [6.07, 6.45) is 1.93. The lowest BCUT2D eigenvalue weighted by molar-refractivity contribution is 0.102. The molecule has 5 heteroatoms. The first kappa shape index (κ1) is 19.3. The molecular formula is C22H19Cl2NO2. The van der Waals surface area contributed by atoms with Gasteiger partial charge in [-0.2, -0.15) is 0 Å². The molecule has 0 aromatic heterocycles. The maximum atomic E-state index is 12.3. The predicted molar refractivity (Wildman–Crippen MR) is 111 cm³/mol. The van der Waals surface area contributed by atoms with E-state index in [1.807, 2.05) is 30.3 Å². The molecule has 0 aliphatic carbocycles. The Hall–Kier alpha value is -2.49. The third kappa shape index (κ3) is 6.02. The van der Waals surface area contributed by atoms with Crippen LogP contribution in [0.4, 0.5) is 5.69 Å². The van der Waals surface area contributed by atoms with Crippen molar-refractivity contribution in [2.24, 2.45) is 0 Å². The molecule has 0 bridgehead atoms. The average molecular weight is 400 g/mol. The number of hydrogen-bond acceptors (Lipinski definition) is 2. The Labute approximate surface area is 168 Å². The Morgan fingerprint density at radius 1 is 0.889 bits per heavy atom. The Morgan fingerprint density at radius 3 is 2.22 bits per heavy atom. The van der Waals surface area contributed by atoms with E-state index in [0.717, 1.165) is 18.6 Å². The molecule has 27 heavy (non-hydrogen) atoms. The SMILES string of the molecule is O=C(Nc1ccc(OCCCc2ccccc2)cc1)c1cc(Cl)cc(Cl)c1. The van der Waals surface area contributed by atoms with Crippen molar-refractivity contribution in [2.75, 3.05) is 11.9 Å². The topological polar surface area (TPSA) is 38.3 Å². The third-order valence-electron chi connectivity index (χ3n) is 3.96. The van der Waals surface area contributed by atoms with Gasteiger partial charge in [-0.15, -0.1) is 0 Å². The lowest BCUT2D eigenvalue weighted by Gasteiger charge is -2.09. The largest absolute Gasteiger partial charge is 0.494 e. The fourth-order valence-electron chi connectivity index (χ4n) is 2.63. The van der Waals surface area contributed by atoms with Gasteiger partial charge < -0.3 is 10.1 Å². The van der Waals surface area contributed by atoms with Gasteiger partial charge in [-0.05, 0) is 60.9 Å². The Balaban J connectivity index is 1.49. The minimum atomic E-state index is -0.268. The molecule has 0 radical (unpaired) electrons. The number of amides is 1. The summed E-state index contributed by atoms with van der Waals surface area (Å²) in [7, 11) is 0. The first-order valence-corrected chi connectivity index (χ1v) is 9.40. The molecule has 0 spiro atoms. The van der Waals surface area contributed by atoms with E-state index in [9.17, 15) is 4.79 Å². The van der Waals surface area contributed by atoms with E-state index in [1.165, 1.54) is 5.56 Å². The highest BCUT2D eigenvalue weighted by atomic mass is 35.5. The van der Waals surface area contributed by atoms with Gasteiger partial charge in [0.2, 0.25) is 0 Å². The molecule has 0 fully saturated rings. The van der Waals surface area contributed by atoms with Gasteiger partial charge in [0.15, 0.2) is 0 Å². The summed E-state index contributed by atoms with van der Waals surface area (Å²) >= 11 is 11.9. The van der Waals surface area contributed by atoms with Gasteiger partial charge in [0, 0.05) is 21.3 Å². The van der Waals surface area contributed by atoms with Crippen LogP contribution >= 0.6 is 23.2 Å². The van der Waals surface area contributed by atoms with Gasteiger partial charge in [-0.25, -0.2) is 0 Å². The summed E-state index contributed by atoms with van der Waals surface area (Å²) in [4.78, 5) is 12.3. The standard InChI is InChI=1S/C22H19Cl2NO2/c23-18-13-17(14-19(24)15-18)22(26)25-20-8-10-21(11-9-20)27-12-4-7-16-5-2-1-3-6-16/h1-3,5-6,8-11,13-15H,4,7,12H2,(H,25,26). The molecule has 0 saturated carbocycles. The molecule has 0 aliphatic rings. The summed E-state index contributed by atoms with van der Waals surface area (Å²) in [6.45, 7) is 0.640. The fraction of sp³-hybridized carbons (Fsp3) is 0.136. The zero-order chi connectivity index (χ0) is 19.1. The van der Waals surface area contributed by atoms with Crippen LogP contribution in [0.2, 0.25) is 10.0 Å². The molecular weight excluding hydrogens is 381 g/mol. The number of carbonyl (C=O) groups is 1. The molecule has 0 aliphatic heterocycles. The van der Waals surface area contributed by atoms with Gasteiger partial charge in [0.25, 0.3) is 5.91 Å². The number of nitrogens with one attached hydrogen (secondary N) is 1. The normalized spacial score (nSPS) is 10.4. The number of halogens is 2. The van der Waals surface area contributed by atoms with Crippen molar-refractivity contribution >= 4 is 34.8 Å². The van der Waals surface area contributed by atoms with Crippen LogP contribution < -0.4 is 10.1 Å². The van der Waals surface area contributed by atoms with Gasteiger partial charge in [-0.1, -0.05) is 53.5 Å². The summed E-state index contributed by atoms with van der Waals surface area (Å²) in [5.74, 6) is 0.503. The predicted octanol–water partition coefficient (Wildman–Crippen LogP) is 6.26. The highest BCUT2D eigenvalue weighted by Crippen LogP contribution is 2.21. The smallest absolute Gasteiger partial charge is 0.255 e. The van der Waals surface area contributed by atoms with E-state index < -0.39 is 0 Å². The second-order valence-electron chi connectivity index (χ2n) is 6.07. The number of anilines is 1. The Bertz CT molecular complexity index is 876. The van der Waals surface area contributed by atoms with Crippen LogP contribution in [0.1, 0.15) is 22.3 Å². The van der Waals surface area contributed by atoms with Crippen molar-refractivity contribution < 1.29 is 9.53 Å². The number of benzene rings is 3.